The molecule has 2 rings (SSSR count). The molecule has 0 aliphatic carbocycles. The molecule has 0 aliphatic rings. The number of benzene rings is 2. The van der Waals surface area contributed by atoms with Crippen LogP contribution in [0.25, 0.3) is 5.57 Å². The topological polar surface area (TPSA) is 133 Å². The van der Waals surface area contributed by atoms with Crippen molar-refractivity contribution in [1.29, 1.82) is 0 Å². The Morgan fingerprint density at radius 2 is 0.530 bits per heavy atom. The van der Waals surface area contributed by atoms with E-state index >= 15 is 0 Å². The molecule has 1 N–H and O–H groups in total. The lowest BCUT2D eigenvalue weighted by Gasteiger charge is -2.23. The van der Waals surface area contributed by atoms with Crippen LogP contribution in [0.3, 0.4) is 0 Å². The van der Waals surface area contributed by atoms with E-state index in [1.807, 2.05) is 165 Å². The number of phenolic OH excluding ortho intramolecular Hbond substituents is 1. The number of ketones is 2. The zero-order chi connectivity index (χ0) is 102. The van der Waals surface area contributed by atoms with Crippen molar-refractivity contribution in [2.75, 3.05) is 0 Å². The van der Waals surface area contributed by atoms with Crippen LogP contribution in [0.15, 0.2) is 322 Å². The smallest absolute Gasteiger partial charge is 0.347 e. The molecule has 0 saturated carbocycles. The van der Waals surface area contributed by atoms with Gasteiger partial charge in [-0.3, -0.25) is 19.2 Å². The fourth-order valence-corrected chi connectivity index (χ4v) is 10.1. The molecule has 0 bridgehead atoms. The lowest BCUT2D eigenvalue weighted by atomic mass is 9.83. The van der Waals surface area contributed by atoms with Gasteiger partial charge in [-0.25, -0.2) is 4.79 Å². The summed E-state index contributed by atoms with van der Waals surface area (Å²) in [6.45, 7) is 58.7. The Hall–Kier alpha value is -9.99. The van der Waals surface area contributed by atoms with Crippen LogP contribution in [-0.2, 0) is 28.7 Å². The van der Waals surface area contributed by atoms with Crippen LogP contribution in [0.2, 0.25) is 0 Å². The number of carbonyl (C=O) groups excluding carboxylic acids is 5. The number of para-hydroxylation sites is 2. The molecule has 2 aromatic carbocycles. The quantitative estimate of drug-likeness (QED) is 0.0297. The molecule has 0 aromatic heterocycles. The minimum atomic E-state index is -0.591. The molecule has 2 aromatic rings. The van der Waals surface area contributed by atoms with E-state index in [0.29, 0.717) is 43.0 Å². The molecule has 0 saturated heterocycles. The van der Waals surface area contributed by atoms with Crippen LogP contribution in [0.5, 0.6) is 11.5 Å². The maximum atomic E-state index is 12.2. The van der Waals surface area contributed by atoms with Crippen molar-refractivity contribution in [3.63, 3.8) is 0 Å². The van der Waals surface area contributed by atoms with Gasteiger partial charge in [0.05, 0.1) is 6.42 Å². The van der Waals surface area contributed by atoms with E-state index in [4.69, 9.17) is 14.2 Å². The van der Waals surface area contributed by atoms with E-state index in [2.05, 4.69) is 308 Å². The summed E-state index contributed by atoms with van der Waals surface area (Å²) < 4.78 is 15.9. The number of allylic oxidation sites excluding steroid dienone is 44. The first-order valence-electron chi connectivity index (χ1n) is 50.3. The summed E-state index contributed by atoms with van der Waals surface area (Å²) in [6, 6.07) is 13.6. The van der Waals surface area contributed by atoms with Crippen molar-refractivity contribution in [3.8, 4) is 11.5 Å². The number of hydrogen-bond donors (Lipinski definition) is 1. The maximum Gasteiger partial charge on any atom is 0.347 e. The van der Waals surface area contributed by atoms with Gasteiger partial charge in [0.1, 0.15) is 39.8 Å². The number of esters is 3. The van der Waals surface area contributed by atoms with Gasteiger partial charge < -0.3 is 19.3 Å². The van der Waals surface area contributed by atoms with Crippen molar-refractivity contribution in [2.45, 2.75) is 391 Å². The van der Waals surface area contributed by atoms with Gasteiger partial charge in [-0.15, -0.1) is 0 Å². The van der Waals surface area contributed by atoms with Crippen molar-refractivity contribution >= 4 is 35.0 Å². The second-order valence-corrected chi connectivity index (χ2v) is 36.2. The third kappa shape index (κ3) is 113. The Morgan fingerprint density at radius 1 is 0.284 bits per heavy atom. The Bertz CT molecular complexity index is 3660. The first-order valence-corrected chi connectivity index (χ1v) is 50.3. The van der Waals surface area contributed by atoms with E-state index in [-0.39, 0.29) is 45.1 Å². The minimum absolute atomic E-state index is 0.0976. The molecule has 134 heavy (non-hydrogen) atoms. The van der Waals surface area contributed by atoms with Crippen molar-refractivity contribution < 1.29 is 43.3 Å². The van der Waals surface area contributed by atoms with Crippen LogP contribution in [0.1, 0.15) is 395 Å². The van der Waals surface area contributed by atoms with E-state index in [1.54, 1.807) is 24.3 Å². The molecule has 0 spiro atoms. The van der Waals surface area contributed by atoms with Crippen molar-refractivity contribution in [3.05, 3.63) is 334 Å². The van der Waals surface area contributed by atoms with E-state index in [9.17, 15) is 29.1 Å². The predicted molar refractivity (Wildman–Crippen MR) is 596 cm³/mol. The highest BCUT2D eigenvalue weighted by Crippen LogP contribution is 2.38. The zero-order valence-corrected chi connectivity index (χ0v) is 90.2. The maximum absolute atomic E-state index is 12.2. The van der Waals surface area contributed by atoms with Crippen LogP contribution in [0, 0.1) is 16.2 Å². The molecule has 0 amide bonds. The molecule has 0 unspecified atom stereocenters. The molecule has 0 atom stereocenters. The number of unbranched alkanes of at least 4 members (excludes halogenated alkanes) is 2. The molecule has 9 heteroatoms. The second-order valence-electron chi connectivity index (χ2n) is 36.2. The SMILES string of the molecule is C/C=C\C/C=C\C/C=C\CC(=O)C(C)(C)C.C/C=C\C/C=C\C/C=C\CC(=O)OC(C)(C)C.C/C=C\C/C=C\CCCC(=O)C(C)(C)C.C/C=C\C/C=C\CCCC(=O)OC(C)(C)C.C=C(c1ccccc1OC(=O)c1ccccc1O)C(C)(C)C.CC/C=C\C/C=C\C/C=C\CC.CC/C=C\C/C=C\C/C=C\CC.CC/C=C\C/C=C\C/C=C\CC.CC/C=C\C/C=C\C/C=C\CC. The van der Waals surface area contributed by atoms with Gasteiger partial charge in [-0.2, -0.15) is 0 Å². The summed E-state index contributed by atoms with van der Waals surface area (Å²) in [5.74, 6) is 0.134. The highest BCUT2D eigenvalue weighted by molar-refractivity contribution is 5.94. The second kappa shape index (κ2) is 100. The van der Waals surface area contributed by atoms with Gasteiger partial charge >= 0.3 is 17.9 Å². The predicted octanol–water partition coefficient (Wildman–Crippen LogP) is 38.7. The van der Waals surface area contributed by atoms with Crippen molar-refractivity contribution in [1.82, 2.24) is 0 Å². The Kier molecular flexibility index (Phi) is 103. The number of Topliss-reactive ketones (excluding diaryl/α,β-unsaturated/α-hetero) is 2. The molecule has 0 radical (unpaired) electrons. The number of aromatic hydroxyl groups is 1. The standard InChI is InChI=1S/C19H20O3.C15H24O2.C15H24O.C14H24O2.C14H24O.4C12H20/c1-13(19(2,3)4)14-9-6-8-12-17(14)22-18(21)15-10-5-7-11-16(15)20;1-5-6-7-8-9-10-11-12-13-14(16)17-15(2,3)4;1-5-6-7-8-9-10-11-12-13-14(16)15(2,3)4;1-5-6-7-8-9-10-11-12-13(15)16-14(2,3)4;1-5-6-7-8-9-10-11-12-13(15)14(2,3)4;4*1-3-5-7-9-11-12-10-8-6-4-2/h5-12,20H,1H2,2-4H3;5-6,8-9,11-12H,7,10,13H2,1-4H3;5-6,8-9,11-12H,7,10,13H2,1-4H3;5-6,8-9H,7,10-12H2,1-4H3;5-6,8-9H,7,10-12H2,1-4H3;4*5-8,11-12H,3-4,9-10H2,1-2H3/b;2*6-5-,9-8-,12-11-;2*6-5-,9-8-;4*7-5-,8-6-,12-11-. The largest absolute Gasteiger partial charge is 0.507 e. The molecule has 0 aliphatic heterocycles. The number of phenols is 1. The van der Waals surface area contributed by atoms with Crippen LogP contribution >= 0.6 is 0 Å². The molecule has 750 valence electrons. The monoisotopic (exact) mass is 1840 g/mol. The number of rotatable bonds is 51. The van der Waals surface area contributed by atoms with E-state index < -0.39 is 11.6 Å². The third-order valence-corrected chi connectivity index (χ3v) is 17.7. The summed E-state index contributed by atoms with van der Waals surface area (Å²) >= 11 is 0. The molecule has 9 nitrogen and oxygen atoms in total. The van der Waals surface area contributed by atoms with Crippen LogP contribution in [-0.4, -0.2) is 45.8 Å². The Balaban J connectivity index is -0.000000273. The summed E-state index contributed by atoms with van der Waals surface area (Å²) in [5, 5.41) is 9.75. The van der Waals surface area contributed by atoms with Crippen LogP contribution in [0.4, 0.5) is 0 Å². The molecular weight excluding hydrogens is 1650 g/mol. The van der Waals surface area contributed by atoms with E-state index in [1.165, 1.54) is 12.1 Å². The summed E-state index contributed by atoms with van der Waals surface area (Å²) in [7, 11) is 0. The number of hydrogen-bond acceptors (Lipinski definition) is 9. The summed E-state index contributed by atoms with van der Waals surface area (Å²) in [5.41, 5.74) is 0.527. The van der Waals surface area contributed by atoms with Gasteiger partial charge in [0.2, 0.25) is 0 Å². The lowest BCUT2D eigenvalue weighted by molar-refractivity contribution is -0.155. The molecule has 0 heterocycles. The van der Waals surface area contributed by atoms with Gasteiger partial charge in [0.15, 0.2) is 0 Å². The van der Waals surface area contributed by atoms with Gasteiger partial charge in [-0.1, -0.05) is 422 Å². The fourth-order valence-electron chi connectivity index (χ4n) is 10.1. The number of carbonyl (C=O) groups is 5. The average Bonchev–Trinajstić information content (AvgIpc) is 0.817. The average molecular weight is 1840 g/mol. The summed E-state index contributed by atoms with van der Waals surface area (Å²) in [6.07, 6.45) is 124. The number of ether oxygens (including phenoxy) is 3. The van der Waals surface area contributed by atoms with Crippen LogP contribution < -0.4 is 4.74 Å². The zero-order valence-electron chi connectivity index (χ0n) is 90.2. The lowest BCUT2D eigenvalue weighted by Crippen LogP contribution is -2.23. The van der Waals surface area contributed by atoms with E-state index in [0.717, 1.165) is 178 Å². The fraction of sp³-hybridized carbons (Fsp3) is 0.496. The van der Waals surface area contributed by atoms with Crippen molar-refractivity contribution in [2.24, 2.45) is 16.2 Å². The van der Waals surface area contributed by atoms with Gasteiger partial charge in [-0.05, 0) is 265 Å². The third-order valence-electron chi connectivity index (χ3n) is 17.7. The van der Waals surface area contributed by atoms with Gasteiger partial charge in [0, 0.05) is 35.7 Å². The minimum Gasteiger partial charge on any atom is -0.507 e. The highest BCUT2D eigenvalue weighted by atomic mass is 16.6. The Labute approximate surface area is 825 Å². The Morgan fingerprint density at radius 3 is 0.806 bits per heavy atom. The normalized spacial score (nSPS) is 12.4. The first-order chi connectivity index (χ1) is 63.8. The first kappa shape index (κ1) is 137. The molecular formula is C125H196O9. The molecule has 0 fully saturated rings. The summed E-state index contributed by atoms with van der Waals surface area (Å²) in [4.78, 5) is 58.0. The highest BCUT2D eigenvalue weighted by Gasteiger charge is 2.23. The van der Waals surface area contributed by atoms with Gasteiger partial charge in [0.25, 0.3) is 0 Å².